The van der Waals surface area contributed by atoms with Crippen molar-refractivity contribution in [3.8, 4) is 0 Å². The molecule has 0 radical (unpaired) electrons. The zero-order valence-electron chi connectivity index (χ0n) is 12.4. The van der Waals surface area contributed by atoms with Crippen LogP contribution in [0.15, 0.2) is 18.2 Å². The van der Waals surface area contributed by atoms with Gasteiger partial charge in [0.2, 0.25) is 0 Å². The van der Waals surface area contributed by atoms with Crippen LogP contribution in [-0.4, -0.2) is 33.4 Å². The Morgan fingerprint density at radius 1 is 1.37 bits per heavy atom. The number of nitrogens with zero attached hydrogens (tertiary/aromatic N) is 1. The Balaban J connectivity index is 3.06. The molecule has 0 saturated heterocycles. The van der Waals surface area contributed by atoms with E-state index >= 15 is 0 Å². The Morgan fingerprint density at radius 3 is 2.68 bits per heavy atom. The summed E-state index contributed by atoms with van der Waals surface area (Å²) in [6.07, 6.45) is 0. The molecule has 0 aliphatic rings. The van der Waals surface area contributed by atoms with E-state index in [9.17, 15) is 4.39 Å². The molecule has 0 fully saturated rings. The average Bonchev–Trinajstić information content (AvgIpc) is 2.40. The van der Waals surface area contributed by atoms with Crippen LogP contribution in [0, 0.1) is 5.82 Å². The molecular weight excluding hydrogens is 243 g/mol. The van der Waals surface area contributed by atoms with Gasteiger partial charge >= 0.3 is 0 Å². The number of nitrogens with one attached hydrogen (secondary N) is 1. The van der Waals surface area contributed by atoms with E-state index in [1.165, 1.54) is 6.07 Å². The van der Waals surface area contributed by atoms with Crippen molar-refractivity contribution in [2.75, 3.05) is 38.3 Å². The molecule has 1 atom stereocenters. The van der Waals surface area contributed by atoms with Gasteiger partial charge in [0.25, 0.3) is 0 Å². The fourth-order valence-corrected chi connectivity index (χ4v) is 2.29. The van der Waals surface area contributed by atoms with Crippen molar-refractivity contribution in [2.24, 2.45) is 0 Å². The first-order valence-electron chi connectivity index (χ1n) is 6.91. The summed E-state index contributed by atoms with van der Waals surface area (Å²) < 4.78 is 19.3. The number of hydrogen-bond donors (Lipinski definition) is 1. The Labute approximate surface area is 115 Å². The molecule has 0 aliphatic carbocycles. The third-order valence-corrected chi connectivity index (χ3v) is 3.26. The van der Waals surface area contributed by atoms with Crippen LogP contribution in [0.2, 0.25) is 0 Å². The van der Waals surface area contributed by atoms with Gasteiger partial charge in [0.05, 0.1) is 6.61 Å². The fraction of sp³-hybridized carbons (Fsp3) is 0.600. The largest absolute Gasteiger partial charge is 0.383 e. The van der Waals surface area contributed by atoms with E-state index in [2.05, 4.69) is 17.1 Å². The highest BCUT2D eigenvalue weighted by Crippen LogP contribution is 2.28. The second-order valence-corrected chi connectivity index (χ2v) is 4.52. The van der Waals surface area contributed by atoms with Gasteiger partial charge < -0.3 is 15.0 Å². The highest BCUT2D eigenvalue weighted by molar-refractivity contribution is 5.55. The zero-order chi connectivity index (χ0) is 14.3. The first-order chi connectivity index (χ1) is 9.15. The van der Waals surface area contributed by atoms with Crippen molar-refractivity contribution in [1.82, 2.24) is 5.32 Å². The predicted octanol–water partition coefficient (Wildman–Crippen LogP) is 2.97. The topological polar surface area (TPSA) is 24.5 Å². The van der Waals surface area contributed by atoms with Gasteiger partial charge in [-0.05, 0) is 32.5 Å². The van der Waals surface area contributed by atoms with Gasteiger partial charge in [0, 0.05) is 37.5 Å². The number of ether oxygens (including phenoxy) is 1. The van der Waals surface area contributed by atoms with Crippen molar-refractivity contribution in [3.05, 3.63) is 29.6 Å². The second-order valence-electron chi connectivity index (χ2n) is 4.52. The molecule has 0 spiro atoms. The molecule has 19 heavy (non-hydrogen) atoms. The minimum atomic E-state index is -0.151. The summed E-state index contributed by atoms with van der Waals surface area (Å²) >= 11 is 0. The quantitative estimate of drug-likeness (QED) is 0.784. The monoisotopic (exact) mass is 268 g/mol. The van der Waals surface area contributed by atoms with Crippen LogP contribution >= 0.6 is 0 Å². The SMILES string of the molecule is CCNC(C)c1c(F)cccc1N(CC)CCOC. The summed E-state index contributed by atoms with van der Waals surface area (Å²) in [5.74, 6) is -0.151. The molecule has 1 unspecified atom stereocenters. The molecule has 0 saturated carbocycles. The Bertz CT molecular complexity index is 384. The molecular formula is C15H25FN2O. The summed E-state index contributed by atoms with van der Waals surface area (Å²) in [5, 5.41) is 3.28. The van der Waals surface area contributed by atoms with E-state index in [1.807, 2.05) is 19.9 Å². The Kier molecular flexibility index (Phi) is 6.81. The van der Waals surface area contributed by atoms with Gasteiger partial charge in [-0.3, -0.25) is 0 Å². The van der Waals surface area contributed by atoms with E-state index in [0.29, 0.717) is 6.61 Å². The van der Waals surface area contributed by atoms with Crippen molar-refractivity contribution in [2.45, 2.75) is 26.8 Å². The molecule has 4 heteroatoms. The van der Waals surface area contributed by atoms with E-state index < -0.39 is 0 Å². The van der Waals surface area contributed by atoms with E-state index in [1.54, 1.807) is 13.2 Å². The molecule has 0 aromatic heterocycles. The maximum absolute atomic E-state index is 14.1. The Hall–Kier alpha value is -1.13. The molecule has 3 nitrogen and oxygen atoms in total. The van der Waals surface area contributed by atoms with Crippen LogP contribution in [-0.2, 0) is 4.74 Å². The average molecular weight is 268 g/mol. The van der Waals surface area contributed by atoms with Crippen LogP contribution < -0.4 is 10.2 Å². The maximum atomic E-state index is 14.1. The van der Waals surface area contributed by atoms with Gasteiger partial charge in [0.1, 0.15) is 5.82 Å². The van der Waals surface area contributed by atoms with Crippen LogP contribution in [0.4, 0.5) is 10.1 Å². The summed E-state index contributed by atoms with van der Waals surface area (Å²) in [6.45, 7) is 9.15. The van der Waals surface area contributed by atoms with Gasteiger partial charge in [-0.25, -0.2) is 4.39 Å². The van der Waals surface area contributed by atoms with Gasteiger partial charge in [-0.2, -0.15) is 0 Å². The zero-order valence-corrected chi connectivity index (χ0v) is 12.4. The minimum Gasteiger partial charge on any atom is -0.383 e. The minimum absolute atomic E-state index is 0.00204. The highest BCUT2D eigenvalue weighted by Gasteiger charge is 2.18. The van der Waals surface area contributed by atoms with E-state index in [4.69, 9.17) is 4.74 Å². The molecule has 1 N–H and O–H groups in total. The van der Waals surface area contributed by atoms with Crippen molar-refractivity contribution in [1.29, 1.82) is 0 Å². The number of hydrogen-bond acceptors (Lipinski definition) is 3. The molecule has 0 heterocycles. The standard InChI is InChI=1S/C15H25FN2O/c1-5-17-12(3)15-13(16)8-7-9-14(15)18(6-2)10-11-19-4/h7-9,12,17H,5-6,10-11H2,1-4H3. The predicted molar refractivity (Wildman–Crippen MR) is 78.3 cm³/mol. The smallest absolute Gasteiger partial charge is 0.130 e. The third-order valence-electron chi connectivity index (χ3n) is 3.26. The third kappa shape index (κ3) is 4.18. The van der Waals surface area contributed by atoms with Crippen LogP contribution in [0.1, 0.15) is 32.4 Å². The van der Waals surface area contributed by atoms with Crippen molar-refractivity contribution in [3.63, 3.8) is 0 Å². The summed E-state index contributed by atoms with van der Waals surface area (Å²) in [7, 11) is 1.68. The number of likely N-dealkylation sites (N-methyl/N-ethyl adjacent to an activating group) is 1. The van der Waals surface area contributed by atoms with E-state index in [-0.39, 0.29) is 11.9 Å². The second kappa shape index (κ2) is 8.12. The number of halogens is 1. The first-order valence-corrected chi connectivity index (χ1v) is 6.91. The molecule has 1 aromatic rings. The molecule has 1 aromatic carbocycles. The Morgan fingerprint density at radius 2 is 2.11 bits per heavy atom. The molecule has 0 amide bonds. The molecule has 0 aliphatic heterocycles. The van der Waals surface area contributed by atoms with Crippen LogP contribution in [0.3, 0.4) is 0 Å². The number of anilines is 1. The van der Waals surface area contributed by atoms with E-state index in [0.717, 1.165) is 30.9 Å². The summed E-state index contributed by atoms with van der Waals surface area (Å²) in [5.41, 5.74) is 1.69. The lowest BCUT2D eigenvalue weighted by atomic mass is 10.0. The number of methoxy groups -OCH3 is 1. The highest BCUT2D eigenvalue weighted by atomic mass is 19.1. The molecule has 1 rings (SSSR count). The number of benzene rings is 1. The lowest BCUT2D eigenvalue weighted by Gasteiger charge is -2.28. The van der Waals surface area contributed by atoms with Gasteiger partial charge in [-0.15, -0.1) is 0 Å². The molecule has 108 valence electrons. The molecule has 0 bridgehead atoms. The fourth-order valence-electron chi connectivity index (χ4n) is 2.29. The summed E-state index contributed by atoms with van der Waals surface area (Å²) in [4.78, 5) is 2.15. The normalized spacial score (nSPS) is 12.5. The number of rotatable bonds is 8. The lowest BCUT2D eigenvalue weighted by molar-refractivity contribution is 0.205. The van der Waals surface area contributed by atoms with Crippen LogP contribution in [0.5, 0.6) is 0 Å². The van der Waals surface area contributed by atoms with Crippen molar-refractivity contribution < 1.29 is 9.13 Å². The van der Waals surface area contributed by atoms with Crippen LogP contribution in [0.25, 0.3) is 0 Å². The maximum Gasteiger partial charge on any atom is 0.130 e. The van der Waals surface area contributed by atoms with Crippen molar-refractivity contribution >= 4 is 5.69 Å². The first kappa shape index (κ1) is 15.9. The van der Waals surface area contributed by atoms with Gasteiger partial charge in [0.15, 0.2) is 0 Å². The lowest BCUT2D eigenvalue weighted by Crippen LogP contribution is -2.30. The van der Waals surface area contributed by atoms with Gasteiger partial charge in [-0.1, -0.05) is 13.0 Å². The summed E-state index contributed by atoms with van der Waals surface area (Å²) in [6, 6.07) is 5.27.